The molecule has 0 aliphatic carbocycles. The molecular weight excluding hydrogens is 320 g/mol. The SMILES string of the molecule is CC(C)(C)OC(=O)N1CCC(CNC(=O)NCc2ccccn2)CC1. The number of nitrogens with one attached hydrogen (secondary N) is 2. The average molecular weight is 348 g/mol. The second kappa shape index (κ2) is 8.69. The smallest absolute Gasteiger partial charge is 0.410 e. The van der Waals surface area contributed by atoms with Crippen molar-refractivity contribution in [3.63, 3.8) is 0 Å². The lowest BCUT2D eigenvalue weighted by Gasteiger charge is -2.33. The number of hydrogen-bond acceptors (Lipinski definition) is 4. The number of likely N-dealkylation sites (tertiary alicyclic amines) is 1. The standard InChI is InChI=1S/C18H28N4O3/c1-18(2,3)25-17(24)22-10-7-14(8-11-22)12-20-16(23)21-13-15-6-4-5-9-19-15/h4-6,9,14H,7-8,10-13H2,1-3H3,(H2,20,21,23). The third-order valence-corrected chi connectivity index (χ3v) is 3.97. The first-order valence-corrected chi connectivity index (χ1v) is 8.73. The zero-order chi connectivity index (χ0) is 18.3. The summed E-state index contributed by atoms with van der Waals surface area (Å²) >= 11 is 0. The summed E-state index contributed by atoms with van der Waals surface area (Å²) < 4.78 is 5.39. The summed E-state index contributed by atoms with van der Waals surface area (Å²) in [7, 11) is 0. The summed E-state index contributed by atoms with van der Waals surface area (Å²) in [5.41, 5.74) is 0.351. The molecule has 1 saturated heterocycles. The van der Waals surface area contributed by atoms with Gasteiger partial charge in [0.15, 0.2) is 0 Å². The maximum Gasteiger partial charge on any atom is 0.410 e. The maximum absolute atomic E-state index is 12.0. The van der Waals surface area contributed by atoms with Gasteiger partial charge in [0, 0.05) is 25.8 Å². The highest BCUT2D eigenvalue weighted by Gasteiger charge is 2.26. The van der Waals surface area contributed by atoms with Crippen LogP contribution in [0.4, 0.5) is 9.59 Å². The molecule has 7 nitrogen and oxygen atoms in total. The van der Waals surface area contributed by atoms with Crippen LogP contribution in [0.25, 0.3) is 0 Å². The molecule has 3 amide bonds. The highest BCUT2D eigenvalue weighted by molar-refractivity contribution is 5.73. The summed E-state index contributed by atoms with van der Waals surface area (Å²) in [5, 5.41) is 5.69. The molecule has 2 N–H and O–H groups in total. The number of piperidine rings is 1. The molecule has 1 aromatic heterocycles. The fraction of sp³-hybridized carbons (Fsp3) is 0.611. The van der Waals surface area contributed by atoms with Gasteiger partial charge in [-0.2, -0.15) is 0 Å². The first-order chi connectivity index (χ1) is 11.8. The lowest BCUT2D eigenvalue weighted by molar-refractivity contribution is 0.0184. The number of pyridine rings is 1. The van der Waals surface area contributed by atoms with E-state index in [2.05, 4.69) is 15.6 Å². The zero-order valence-corrected chi connectivity index (χ0v) is 15.2. The van der Waals surface area contributed by atoms with Crippen molar-refractivity contribution in [3.05, 3.63) is 30.1 Å². The number of ether oxygens (including phenoxy) is 1. The number of amides is 3. The number of aromatic nitrogens is 1. The van der Waals surface area contributed by atoms with E-state index >= 15 is 0 Å². The van der Waals surface area contributed by atoms with Crippen LogP contribution in [0.2, 0.25) is 0 Å². The maximum atomic E-state index is 12.0. The van der Waals surface area contributed by atoms with Crippen LogP contribution in [0.5, 0.6) is 0 Å². The first-order valence-electron chi connectivity index (χ1n) is 8.73. The Kier molecular flexibility index (Phi) is 6.61. The van der Waals surface area contributed by atoms with Crippen LogP contribution in [0, 0.1) is 5.92 Å². The van der Waals surface area contributed by atoms with E-state index in [4.69, 9.17) is 4.74 Å². The Morgan fingerprint density at radius 1 is 1.24 bits per heavy atom. The van der Waals surface area contributed by atoms with E-state index in [9.17, 15) is 9.59 Å². The van der Waals surface area contributed by atoms with E-state index in [0.717, 1.165) is 18.5 Å². The number of urea groups is 1. The van der Waals surface area contributed by atoms with Crippen molar-refractivity contribution in [3.8, 4) is 0 Å². The van der Waals surface area contributed by atoms with E-state index in [1.165, 1.54) is 0 Å². The fourth-order valence-corrected chi connectivity index (χ4v) is 2.62. The lowest BCUT2D eigenvalue weighted by atomic mass is 9.97. The molecule has 0 bridgehead atoms. The number of nitrogens with zero attached hydrogens (tertiary/aromatic N) is 2. The Labute approximate surface area is 149 Å². The van der Waals surface area contributed by atoms with Crippen LogP contribution < -0.4 is 10.6 Å². The predicted octanol–water partition coefficient (Wildman–Crippen LogP) is 2.53. The van der Waals surface area contributed by atoms with Crippen molar-refractivity contribution < 1.29 is 14.3 Å². The van der Waals surface area contributed by atoms with Gasteiger partial charge in [0.05, 0.1) is 12.2 Å². The number of hydrogen-bond donors (Lipinski definition) is 2. The predicted molar refractivity (Wildman–Crippen MR) is 95.0 cm³/mol. The van der Waals surface area contributed by atoms with E-state index in [-0.39, 0.29) is 12.1 Å². The molecule has 2 heterocycles. The number of carbonyl (C=O) groups is 2. The van der Waals surface area contributed by atoms with Gasteiger partial charge in [0.25, 0.3) is 0 Å². The Morgan fingerprint density at radius 3 is 2.56 bits per heavy atom. The molecule has 1 aromatic rings. The molecule has 0 saturated carbocycles. The molecule has 0 spiro atoms. The molecule has 0 unspecified atom stereocenters. The minimum absolute atomic E-state index is 0.194. The van der Waals surface area contributed by atoms with Gasteiger partial charge in [-0.25, -0.2) is 9.59 Å². The molecular formula is C18H28N4O3. The third-order valence-electron chi connectivity index (χ3n) is 3.97. The van der Waals surface area contributed by atoms with Crippen molar-refractivity contribution in [2.45, 2.75) is 45.8 Å². The van der Waals surface area contributed by atoms with Crippen molar-refractivity contribution in [1.82, 2.24) is 20.5 Å². The van der Waals surface area contributed by atoms with Gasteiger partial charge in [-0.1, -0.05) is 6.07 Å². The second-order valence-corrected chi connectivity index (χ2v) is 7.30. The molecule has 1 aliphatic rings. The highest BCUT2D eigenvalue weighted by Crippen LogP contribution is 2.19. The highest BCUT2D eigenvalue weighted by atomic mass is 16.6. The van der Waals surface area contributed by atoms with Crippen molar-refractivity contribution in [2.24, 2.45) is 5.92 Å². The molecule has 0 atom stereocenters. The Bertz CT molecular complexity index is 563. The number of rotatable bonds is 4. The minimum atomic E-state index is -0.471. The summed E-state index contributed by atoms with van der Waals surface area (Å²) in [6.45, 7) is 7.94. The van der Waals surface area contributed by atoms with Crippen LogP contribution in [0.15, 0.2) is 24.4 Å². The fourth-order valence-electron chi connectivity index (χ4n) is 2.62. The number of carbonyl (C=O) groups excluding carboxylic acids is 2. The van der Waals surface area contributed by atoms with Crippen molar-refractivity contribution in [1.29, 1.82) is 0 Å². The molecule has 0 radical (unpaired) electrons. The van der Waals surface area contributed by atoms with Gasteiger partial charge >= 0.3 is 12.1 Å². The topological polar surface area (TPSA) is 83.6 Å². The summed E-state index contributed by atoms with van der Waals surface area (Å²) in [6, 6.07) is 5.40. The quantitative estimate of drug-likeness (QED) is 0.876. The normalized spacial score (nSPS) is 15.6. The third kappa shape index (κ3) is 6.99. The molecule has 25 heavy (non-hydrogen) atoms. The minimum Gasteiger partial charge on any atom is -0.444 e. The van der Waals surface area contributed by atoms with Gasteiger partial charge < -0.3 is 20.3 Å². The molecule has 1 aliphatic heterocycles. The second-order valence-electron chi connectivity index (χ2n) is 7.30. The van der Waals surface area contributed by atoms with Gasteiger partial charge in [-0.05, 0) is 51.7 Å². The monoisotopic (exact) mass is 348 g/mol. The average Bonchev–Trinajstić information content (AvgIpc) is 2.58. The lowest BCUT2D eigenvalue weighted by Crippen LogP contribution is -2.44. The van der Waals surface area contributed by atoms with Crippen LogP contribution in [-0.4, -0.2) is 47.2 Å². The van der Waals surface area contributed by atoms with Crippen molar-refractivity contribution >= 4 is 12.1 Å². The Morgan fingerprint density at radius 2 is 1.96 bits per heavy atom. The zero-order valence-electron chi connectivity index (χ0n) is 15.2. The van der Waals surface area contributed by atoms with Gasteiger partial charge in [0.1, 0.15) is 5.60 Å². The summed E-state index contributed by atoms with van der Waals surface area (Å²) in [5.74, 6) is 0.374. The van der Waals surface area contributed by atoms with Crippen LogP contribution in [-0.2, 0) is 11.3 Å². The largest absolute Gasteiger partial charge is 0.444 e. The van der Waals surface area contributed by atoms with Crippen LogP contribution in [0.1, 0.15) is 39.3 Å². The van der Waals surface area contributed by atoms with E-state index in [0.29, 0.717) is 32.1 Å². The Balaban J connectivity index is 1.63. The van der Waals surface area contributed by atoms with E-state index in [1.54, 1.807) is 11.1 Å². The van der Waals surface area contributed by atoms with Crippen molar-refractivity contribution in [2.75, 3.05) is 19.6 Å². The Hall–Kier alpha value is -2.31. The molecule has 7 heteroatoms. The van der Waals surface area contributed by atoms with Crippen LogP contribution >= 0.6 is 0 Å². The molecule has 2 rings (SSSR count). The summed E-state index contributed by atoms with van der Waals surface area (Å²) in [4.78, 5) is 29.8. The van der Waals surface area contributed by atoms with Crippen LogP contribution in [0.3, 0.4) is 0 Å². The molecule has 138 valence electrons. The van der Waals surface area contributed by atoms with E-state index in [1.807, 2.05) is 39.0 Å². The van der Waals surface area contributed by atoms with E-state index < -0.39 is 5.60 Å². The first kappa shape index (κ1) is 19.0. The van der Waals surface area contributed by atoms with Gasteiger partial charge in [-0.15, -0.1) is 0 Å². The molecule has 1 fully saturated rings. The summed E-state index contributed by atoms with van der Waals surface area (Å²) in [6.07, 6.45) is 3.17. The van der Waals surface area contributed by atoms with Gasteiger partial charge in [-0.3, -0.25) is 4.98 Å². The van der Waals surface area contributed by atoms with Gasteiger partial charge in [0.2, 0.25) is 0 Å². The molecule has 0 aromatic carbocycles.